The molecule has 1 aliphatic heterocycles. The van der Waals surface area contributed by atoms with Crippen molar-refractivity contribution in [2.24, 2.45) is 0 Å². The first-order valence-electron chi connectivity index (χ1n) is 5.66. The van der Waals surface area contributed by atoms with E-state index in [1.54, 1.807) is 0 Å². The largest absolute Gasteiger partial charge is 0.481 e. The van der Waals surface area contributed by atoms with Gasteiger partial charge in [0.2, 0.25) is 0 Å². The lowest BCUT2D eigenvalue weighted by molar-refractivity contribution is -0.140. The van der Waals surface area contributed by atoms with Crippen molar-refractivity contribution in [1.82, 2.24) is 4.90 Å². The quantitative estimate of drug-likeness (QED) is 0.797. The van der Waals surface area contributed by atoms with Crippen LogP contribution < -0.4 is 0 Å². The van der Waals surface area contributed by atoms with Crippen LogP contribution in [0.1, 0.15) is 47.0 Å². The Morgan fingerprint density at radius 2 is 1.69 bits per heavy atom. The van der Waals surface area contributed by atoms with Crippen LogP contribution in [0.15, 0.2) is 0 Å². The number of nitrogens with zero attached hydrogens (tertiary/aromatic N) is 1. The zero-order valence-electron chi connectivity index (χ0n) is 10.5. The van der Waals surface area contributed by atoms with Crippen LogP contribution in [0.2, 0.25) is 0 Å². The molecule has 1 fully saturated rings. The van der Waals surface area contributed by atoms with Crippen molar-refractivity contribution in [3.63, 3.8) is 0 Å². The molecule has 92 valence electrons. The van der Waals surface area contributed by atoms with Gasteiger partial charge in [-0.15, -0.1) is 0 Å². The standard InChI is InChI=1S/C12H21NO3/c1-11(2)7-9(14)8-12(3,4)13(11)6-5-10(15)16/h5-8H2,1-4H3,(H,15,16). The number of carbonyl (C=O) groups is 2. The van der Waals surface area contributed by atoms with Crippen molar-refractivity contribution in [2.75, 3.05) is 6.54 Å². The van der Waals surface area contributed by atoms with E-state index in [9.17, 15) is 9.59 Å². The number of hydrogen-bond donors (Lipinski definition) is 1. The van der Waals surface area contributed by atoms with Gasteiger partial charge in [0, 0.05) is 30.5 Å². The fourth-order valence-electron chi connectivity index (χ4n) is 2.85. The average molecular weight is 227 g/mol. The molecule has 0 aromatic heterocycles. The highest BCUT2D eigenvalue weighted by Gasteiger charge is 2.44. The minimum atomic E-state index is -0.788. The maximum absolute atomic E-state index is 11.6. The Morgan fingerprint density at radius 3 is 2.06 bits per heavy atom. The van der Waals surface area contributed by atoms with Crippen LogP contribution in [0.25, 0.3) is 0 Å². The summed E-state index contributed by atoms with van der Waals surface area (Å²) in [5.74, 6) is -0.523. The van der Waals surface area contributed by atoms with Crippen LogP contribution in [0.5, 0.6) is 0 Å². The highest BCUT2D eigenvalue weighted by Crippen LogP contribution is 2.36. The molecule has 0 bridgehead atoms. The predicted octanol–water partition coefficient (Wildman–Crippen LogP) is 1.68. The molecule has 0 radical (unpaired) electrons. The van der Waals surface area contributed by atoms with E-state index in [0.29, 0.717) is 19.4 Å². The molecule has 0 unspecified atom stereocenters. The van der Waals surface area contributed by atoms with Gasteiger partial charge in [0.1, 0.15) is 5.78 Å². The van der Waals surface area contributed by atoms with Crippen LogP contribution in [-0.4, -0.2) is 39.4 Å². The molecular weight excluding hydrogens is 206 g/mol. The van der Waals surface area contributed by atoms with Gasteiger partial charge < -0.3 is 5.11 Å². The molecule has 0 amide bonds. The molecule has 1 heterocycles. The van der Waals surface area contributed by atoms with Crippen molar-refractivity contribution in [2.45, 2.75) is 58.0 Å². The van der Waals surface area contributed by atoms with Crippen LogP contribution in [-0.2, 0) is 9.59 Å². The summed E-state index contributed by atoms with van der Waals surface area (Å²) in [4.78, 5) is 24.4. The average Bonchev–Trinajstić information content (AvgIpc) is 1.96. The summed E-state index contributed by atoms with van der Waals surface area (Å²) in [5.41, 5.74) is -0.484. The molecule has 0 saturated carbocycles. The maximum Gasteiger partial charge on any atom is 0.304 e. The van der Waals surface area contributed by atoms with E-state index in [1.807, 2.05) is 27.7 Å². The number of ketones is 1. The number of carboxylic acids is 1. The zero-order valence-corrected chi connectivity index (χ0v) is 10.5. The second-order valence-corrected chi connectivity index (χ2v) is 5.81. The zero-order chi connectivity index (χ0) is 12.6. The molecule has 4 heteroatoms. The monoisotopic (exact) mass is 227 g/mol. The van der Waals surface area contributed by atoms with E-state index in [1.165, 1.54) is 0 Å². The molecular formula is C12H21NO3. The fraction of sp³-hybridized carbons (Fsp3) is 0.833. The molecule has 1 aliphatic rings. The molecule has 0 aromatic rings. The van der Waals surface area contributed by atoms with E-state index in [2.05, 4.69) is 4.90 Å². The Labute approximate surface area is 96.6 Å². The van der Waals surface area contributed by atoms with E-state index >= 15 is 0 Å². The number of Topliss-reactive ketones (excluding diaryl/α,β-unsaturated/α-hetero) is 1. The van der Waals surface area contributed by atoms with Crippen molar-refractivity contribution >= 4 is 11.8 Å². The lowest BCUT2D eigenvalue weighted by Crippen LogP contribution is -2.61. The van der Waals surface area contributed by atoms with Crippen molar-refractivity contribution in [3.8, 4) is 0 Å². The Balaban J connectivity index is 2.84. The second-order valence-electron chi connectivity index (χ2n) is 5.81. The molecule has 1 rings (SSSR count). The summed E-state index contributed by atoms with van der Waals surface area (Å²) in [5, 5.41) is 8.74. The Bertz CT molecular complexity index is 287. The van der Waals surface area contributed by atoms with Gasteiger partial charge in [-0.1, -0.05) is 0 Å². The molecule has 0 aliphatic carbocycles. The number of likely N-dealkylation sites (tertiary alicyclic amines) is 1. The third-order valence-corrected chi connectivity index (χ3v) is 3.27. The number of carbonyl (C=O) groups excluding carboxylic acids is 1. The van der Waals surface area contributed by atoms with Crippen molar-refractivity contribution in [3.05, 3.63) is 0 Å². The van der Waals surface area contributed by atoms with Crippen LogP contribution in [0.3, 0.4) is 0 Å². The Kier molecular flexibility index (Phi) is 3.43. The lowest BCUT2D eigenvalue weighted by Gasteiger charge is -2.52. The highest BCUT2D eigenvalue weighted by atomic mass is 16.4. The first-order chi connectivity index (χ1) is 7.15. The van der Waals surface area contributed by atoms with Crippen molar-refractivity contribution in [1.29, 1.82) is 0 Å². The topological polar surface area (TPSA) is 57.6 Å². The first kappa shape index (κ1) is 13.2. The number of hydrogen-bond acceptors (Lipinski definition) is 3. The molecule has 1 saturated heterocycles. The summed E-state index contributed by atoms with van der Waals surface area (Å²) in [6, 6.07) is 0. The number of rotatable bonds is 3. The Morgan fingerprint density at radius 1 is 1.25 bits per heavy atom. The summed E-state index contributed by atoms with van der Waals surface area (Å²) in [6.07, 6.45) is 1.15. The smallest absolute Gasteiger partial charge is 0.304 e. The summed E-state index contributed by atoms with van der Waals surface area (Å²) >= 11 is 0. The van der Waals surface area contributed by atoms with Crippen LogP contribution in [0, 0.1) is 0 Å². The van der Waals surface area contributed by atoms with E-state index in [4.69, 9.17) is 5.11 Å². The van der Waals surface area contributed by atoms with Gasteiger partial charge in [0.05, 0.1) is 6.42 Å². The normalized spacial score (nSPS) is 24.4. The van der Waals surface area contributed by atoms with E-state index in [0.717, 1.165) is 0 Å². The third kappa shape index (κ3) is 2.82. The lowest BCUT2D eigenvalue weighted by atomic mass is 9.79. The number of piperidine rings is 1. The third-order valence-electron chi connectivity index (χ3n) is 3.27. The minimum Gasteiger partial charge on any atom is -0.481 e. The van der Waals surface area contributed by atoms with Gasteiger partial charge in [-0.05, 0) is 27.7 Å². The van der Waals surface area contributed by atoms with Gasteiger partial charge in [-0.2, -0.15) is 0 Å². The number of aliphatic carboxylic acids is 1. The van der Waals surface area contributed by atoms with Gasteiger partial charge >= 0.3 is 5.97 Å². The molecule has 0 spiro atoms. The summed E-state index contributed by atoms with van der Waals surface area (Å²) < 4.78 is 0. The maximum atomic E-state index is 11.6. The van der Waals surface area contributed by atoms with Gasteiger partial charge in [-0.3, -0.25) is 14.5 Å². The molecule has 0 atom stereocenters. The first-order valence-corrected chi connectivity index (χ1v) is 5.66. The summed E-state index contributed by atoms with van der Waals surface area (Å²) in [7, 11) is 0. The minimum absolute atomic E-state index is 0.126. The summed E-state index contributed by atoms with van der Waals surface area (Å²) in [6.45, 7) is 8.53. The van der Waals surface area contributed by atoms with Crippen LogP contribution >= 0.6 is 0 Å². The molecule has 16 heavy (non-hydrogen) atoms. The van der Waals surface area contributed by atoms with Gasteiger partial charge in [-0.25, -0.2) is 0 Å². The molecule has 1 N–H and O–H groups in total. The SMILES string of the molecule is CC1(C)CC(=O)CC(C)(C)N1CCC(=O)O. The van der Waals surface area contributed by atoms with E-state index < -0.39 is 5.97 Å². The number of carboxylic acid groups (broad SMARTS) is 1. The molecule has 0 aromatic carbocycles. The van der Waals surface area contributed by atoms with E-state index in [-0.39, 0.29) is 23.3 Å². The highest BCUT2D eigenvalue weighted by molar-refractivity contribution is 5.81. The van der Waals surface area contributed by atoms with Gasteiger partial charge in [0.25, 0.3) is 0 Å². The van der Waals surface area contributed by atoms with Gasteiger partial charge in [0.15, 0.2) is 0 Å². The fourth-order valence-corrected chi connectivity index (χ4v) is 2.85. The second kappa shape index (κ2) is 4.17. The van der Waals surface area contributed by atoms with Crippen LogP contribution in [0.4, 0.5) is 0 Å². The van der Waals surface area contributed by atoms with Crippen molar-refractivity contribution < 1.29 is 14.7 Å². The predicted molar refractivity (Wildman–Crippen MR) is 61.4 cm³/mol. The Hall–Kier alpha value is -0.900. The molecule has 4 nitrogen and oxygen atoms in total.